The largest absolute Gasteiger partial charge is 0.406 e. The predicted molar refractivity (Wildman–Crippen MR) is 504 cm³/mol. The average Bonchev–Trinajstić information content (AvgIpc) is 0.715. The Balaban J connectivity index is 0.000000826. The molecule has 11 rings (SSSR count). The average molecular weight is 1800 g/mol. The summed E-state index contributed by atoms with van der Waals surface area (Å²) in [4.78, 5) is 103. The number of likely N-dealkylation sites (N-methyl/N-ethyl adjacent to an activating group) is 4. The molecule has 0 radical (unpaired) electrons. The van der Waals surface area contributed by atoms with Crippen molar-refractivity contribution in [2.24, 2.45) is 5.92 Å². The Morgan fingerprint density at radius 3 is 0.820 bits per heavy atom. The summed E-state index contributed by atoms with van der Waals surface area (Å²) in [5.74, 6) is -1.71. The van der Waals surface area contributed by atoms with E-state index >= 15 is 0 Å². The summed E-state index contributed by atoms with van der Waals surface area (Å²) in [5.41, 5.74) is 6.49. The van der Waals surface area contributed by atoms with Crippen molar-refractivity contribution >= 4 is 41.4 Å². The van der Waals surface area contributed by atoms with Gasteiger partial charge in [-0.15, -0.1) is 0 Å². The molecule has 2 heterocycles. The molecule has 7 amide bonds. The van der Waals surface area contributed by atoms with Gasteiger partial charge in [-0.2, -0.15) is 39.5 Å². The molecule has 3 aliphatic carbocycles. The molecule has 0 aromatic heterocycles. The predicted octanol–water partition coefficient (Wildman–Crippen LogP) is 20.4. The fourth-order valence-corrected chi connectivity index (χ4v) is 17.5. The van der Waals surface area contributed by atoms with E-state index < -0.39 is 90.4 Å². The van der Waals surface area contributed by atoms with Crippen LogP contribution in [0.15, 0.2) is 146 Å². The molecule has 17 nitrogen and oxygen atoms in total. The van der Waals surface area contributed by atoms with E-state index in [1.807, 2.05) is 294 Å². The van der Waals surface area contributed by atoms with Crippen molar-refractivity contribution in [1.82, 2.24) is 49.0 Å². The Morgan fingerprint density at radius 1 is 0.352 bits per heavy atom. The first-order valence-corrected chi connectivity index (χ1v) is 45.7. The third kappa shape index (κ3) is 29.2. The molecule has 0 spiro atoms. The lowest BCUT2D eigenvalue weighted by molar-refractivity contribution is -0.163. The number of nitrogens with zero attached hydrogens (tertiary/aromatic N) is 10. The maximum atomic E-state index is 14.3. The van der Waals surface area contributed by atoms with E-state index in [1.54, 1.807) is 63.7 Å². The van der Waals surface area contributed by atoms with Crippen LogP contribution in [0.5, 0.6) is 0 Å². The molecule has 3 atom stereocenters. The van der Waals surface area contributed by atoms with Gasteiger partial charge in [0.05, 0.1) is 6.17 Å². The Bertz CT molecular complexity index is 4250. The fourth-order valence-electron chi connectivity index (χ4n) is 17.5. The van der Waals surface area contributed by atoms with E-state index in [9.17, 15) is 73.1 Å². The molecule has 0 bridgehead atoms. The molecule has 5 aliphatic rings. The SMILES string of the molecule is CC.CC.CC.CC.CC.CC.CC(=O)N(C)C(C)C.CC(=O)N(C)C(C)N(C)C(C)C1(C(=O)N(C)CC(F)(F)F)c2ccccc2Cc2ccccc21.CC(=O)N(C)C1CCN(C(C)C2(C(=O)N(C)CC(F)(F)F)c3ccccc3Cc3ccccc32)CC1.CC(=O)N(C)C1CCN(C)CC1.CC(C)C1(C(=O)N(C)CC(F)(F)F)c2ccccc2Cc2ccccc21. The standard InChI is InChI=1S/C28H34F3N3O2.C26H32F3N3O2.C21H22F3NO.C9H18N2O.C6H13NO.6C2H6/c1-19(34-15-13-23(14-16-34)33(4)20(2)35)28(26(36)32(3)18-27(29,30)31)24-11-7-5-9-21(24)17-22-10-6-8-12-25(22)28;1-17(31(5)18(2)32(6)19(3)33)26(24(34)30(4)16-25(27,28)29)22-13-9-7-11-20(22)15-21-12-8-10-14-23(21)26;1-14(2)21(19(26)25(3)13-20(22,23)24)17-10-6-4-8-15(17)12-16-9-5-7-11-18(16)21;1-8(12)11(3)9-4-6-10(2)7-5-9;1-5(2)7(4)6(3)8;6*1-2/h5-12,19,23H,13-18H2,1-4H3;7-14,17-18H,15-16H2,1-6H3;4-11,14H,12-13H2,1-3H3;9H,4-7H2,1-3H3;5H,1-4H3;6*1-2H3. The molecule has 128 heavy (non-hydrogen) atoms. The molecule has 6 aromatic carbocycles. The van der Waals surface area contributed by atoms with Gasteiger partial charge >= 0.3 is 18.5 Å². The molecule has 2 saturated heterocycles. The molecule has 0 N–H and O–H groups in total. The number of amides is 7. The number of rotatable bonds is 16. The number of alkyl halides is 9. The summed E-state index contributed by atoms with van der Waals surface area (Å²) in [6.07, 6.45) is -8.25. The zero-order valence-electron chi connectivity index (χ0n) is 83.0. The minimum Gasteiger partial charge on any atom is -0.344 e. The molecule has 2 fully saturated rings. The van der Waals surface area contributed by atoms with Crippen LogP contribution in [0.3, 0.4) is 0 Å². The maximum Gasteiger partial charge on any atom is 0.406 e. The van der Waals surface area contributed by atoms with E-state index in [4.69, 9.17) is 0 Å². The summed E-state index contributed by atoms with van der Waals surface area (Å²) in [7, 11) is 14.8. The second-order valence-electron chi connectivity index (χ2n) is 32.4. The quantitative estimate of drug-likeness (QED) is 0.0676. The topological polar surface area (TPSA) is 152 Å². The van der Waals surface area contributed by atoms with Crippen molar-refractivity contribution in [3.63, 3.8) is 0 Å². The van der Waals surface area contributed by atoms with Crippen LogP contribution in [0, 0.1) is 5.92 Å². The van der Waals surface area contributed by atoms with Crippen LogP contribution in [0.25, 0.3) is 0 Å². The van der Waals surface area contributed by atoms with Crippen LogP contribution < -0.4 is 0 Å². The molecule has 718 valence electrons. The van der Waals surface area contributed by atoms with E-state index in [0.29, 0.717) is 55.6 Å². The zero-order valence-corrected chi connectivity index (χ0v) is 83.0. The lowest BCUT2D eigenvalue weighted by Gasteiger charge is -2.50. The van der Waals surface area contributed by atoms with Gasteiger partial charge < -0.3 is 39.2 Å². The lowest BCUT2D eigenvalue weighted by atomic mass is 9.60. The highest BCUT2D eigenvalue weighted by molar-refractivity contribution is 5.97. The summed E-state index contributed by atoms with van der Waals surface area (Å²) in [6, 6.07) is 45.3. The van der Waals surface area contributed by atoms with Crippen LogP contribution in [0.1, 0.15) is 252 Å². The first-order chi connectivity index (χ1) is 60.1. The Labute approximate surface area is 762 Å². The van der Waals surface area contributed by atoms with E-state index in [2.05, 4.69) is 16.8 Å². The van der Waals surface area contributed by atoms with Gasteiger partial charge in [0.1, 0.15) is 35.9 Å². The maximum absolute atomic E-state index is 14.3. The van der Waals surface area contributed by atoms with Crippen LogP contribution in [-0.4, -0.2) is 254 Å². The highest BCUT2D eigenvalue weighted by Crippen LogP contribution is 2.51. The smallest absolute Gasteiger partial charge is 0.344 e. The van der Waals surface area contributed by atoms with Crippen LogP contribution in [-0.2, 0) is 69.1 Å². The van der Waals surface area contributed by atoms with Crippen molar-refractivity contribution < 1.29 is 73.1 Å². The van der Waals surface area contributed by atoms with E-state index in [1.165, 1.54) is 28.1 Å². The van der Waals surface area contributed by atoms with E-state index in [-0.39, 0.29) is 35.6 Å². The summed E-state index contributed by atoms with van der Waals surface area (Å²) < 4.78 is 119. The Hall–Kier alpha value is -9.14. The minimum absolute atomic E-state index is 0.0112. The van der Waals surface area contributed by atoms with Gasteiger partial charge in [0.25, 0.3) is 0 Å². The second kappa shape index (κ2) is 53.9. The summed E-state index contributed by atoms with van der Waals surface area (Å²) in [6.45, 7) is 43.2. The number of likely N-dealkylation sites (tertiary alicyclic amines) is 2. The van der Waals surface area contributed by atoms with Crippen molar-refractivity contribution in [3.8, 4) is 0 Å². The molecule has 6 aromatic rings. The fraction of sp³-hybridized carbons (Fsp3) is 0.578. The van der Waals surface area contributed by atoms with Gasteiger partial charge in [0.2, 0.25) is 41.4 Å². The lowest BCUT2D eigenvalue weighted by Crippen LogP contribution is -2.62. The number of hydrogen-bond donors (Lipinski definition) is 0. The summed E-state index contributed by atoms with van der Waals surface area (Å²) in [5, 5.41) is 0. The second-order valence-corrected chi connectivity index (χ2v) is 32.4. The van der Waals surface area contributed by atoms with Gasteiger partial charge in [0.15, 0.2) is 0 Å². The van der Waals surface area contributed by atoms with Gasteiger partial charge in [0, 0.05) is 120 Å². The third-order valence-corrected chi connectivity index (χ3v) is 24.6. The first kappa shape index (κ1) is 117. The van der Waals surface area contributed by atoms with Gasteiger partial charge in [-0.1, -0.05) is 243 Å². The number of piperidine rings is 2. The monoisotopic (exact) mass is 1800 g/mol. The summed E-state index contributed by atoms with van der Waals surface area (Å²) >= 11 is 0. The van der Waals surface area contributed by atoms with Crippen molar-refractivity contribution in [2.45, 2.75) is 275 Å². The molecule has 26 heteroatoms. The van der Waals surface area contributed by atoms with Gasteiger partial charge in [-0.3, -0.25) is 43.4 Å². The Morgan fingerprint density at radius 2 is 0.586 bits per heavy atom. The van der Waals surface area contributed by atoms with Crippen molar-refractivity contribution in [1.29, 1.82) is 0 Å². The molecular weight excluding hydrogens is 1650 g/mol. The van der Waals surface area contributed by atoms with Crippen LogP contribution in [0.2, 0.25) is 0 Å². The first-order valence-electron chi connectivity index (χ1n) is 45.7. The number of benzene rings is 6. The van der Waals surface area contributed by atoms with E-state index in [0.717, 1.165) is 109 Å². The number of carbonyl (C=O) groups excluding carboxylic acids is 7. The highest BCUT2D eigenvalue weighted by atomic mass is 19.4. The normalized spacial score (nSPS) is 15.5. The molecule has 0 saturated carbocycles. The Kier molecular flexibility index (Phi) is 49.2. The van der Waals surface area contributed by atoms with Crippen molar-refractivity contribution in [3.05, 3.63) is 212 Å². The minimum atomic E-state index is -4.53. The number of hydrogen-bond acceptors (Lipinski definition) is 10. The number of halogens is 9. The van der Waals surface area contributed by atoms with Crippen LogP contribution in [0.4, 0.5) is 39.5 Å². The molecule has 3 unspecified atom stereocenters. The highest BCUT2D eigenvalue weighted by Gasteiger charge is 2.58. The number of fused-ring (bicyclic) bond motifs is 6. The van der Waals surface area contributed by atoms with Gasteiger partial charge in [-0.25, -0.2) is 0 Å². The zero-order chi connectivity index (χ0) is 98.7. The molecule has 2 aliphatic heterocycles. The van der Waals surface area contributed by atoms with Gasteiger partial charge in [-0.05, 0) is 179 Å². The third-order valence-electron chi connectivity index (χ3n) is 24.6. The van der Waals surface area contributed by atoms with Crippen molar-refractivity contribution in [2.75, 3.05) is 109 Å². The number of carbonyl (C=O) groups is 7. The molecular formula is C102H155F9N10O7. The van der Waals surface area contributed by atoms with Crippen LogP contribution >= 0.6 is 0 Å².